The molecule has 0 saturated carbocycles. The third-order valence-corrected chi connectivity index (χ3v) is 6.95. The first-order valence-corrected chi connectivity index (χ1v) is 9.41. The predicted octanol–water partition coefficient (Wildman–Crippen LogP) is 6.52. The molecule has 5 heteroatoms. The first kappa shape index (κ1) is 13.4. The Morgan fingerprint density at radius 1 is 1.00 bits per heavy atom. The van der Waals surface area contributed by atoms with E-state index in [-0.39, 0.29) is 0 Å². The van der Waals surface area contributed by atoms with Crippen molar-refractivity contribution >= 4 is 55.8 Å². The highest BCUT2D eigenvalue weighted by Gasteiger charge is 2.13. The fourth-order valence-electron chi connectivity index (χ4n) is 2.27. The Bertz CT molecular complexity index is 952. The number of benzene rings is 1. The lowest BCUT2D eigenvalue weighted by Gasteiger charge is -2.03. The average Bonchev–Trinajstić information content (AvgIpc) is 3.15. The second-order valence-corrected chi connectivity index (χ2v) is 8.45. The Labute approximate surface area is 139 Å². The Balaban J connectivity index is 1.94. The van der Waals surface area contributed by atoms with Crippen molar-refractivity contribution in [2.24, 2.45) is 0 Å². The molecule has 21 heavy (non-hydrogen) atoms. The largest absolute Gasteiger partial charge is 0.283 e. The smallest absolute Gasteiger partial charge is 0.167 e. The molecule has 0 bridgehead atoms. The first-order chi connectivity index (χ1) is 10.2. The standard InChI is InChI=1S/C16H11NS4/c1-10-4-6-11(7-5-10)17-15-14(21-16(17)18)9-13(20-15)12-3-2-8-19-12/h2-9H,1H3. The summed E-state index contributed by atoms with van der Waals surface area (Å²) in [7, 11) is 0. The van der Waals surface area contributed by atoms with Gasteiger partial charge < -0.3 is 0 Å². The average molecular weight is 346 g/mol. The molecule has 0 atom stereocenters. The molecule has 104 valence electrons. The van der Waals surface area contributed by atoms with Crippen molar-refractivity contribution in [2.75, 3.05) is 0 Å². The van der Waals surface area contributed by atoms with Crippen molar-refractivity contribution in [1.29, 1.82) is 0 Å². The van der Waals surface area contributed by atoms with Crippen LogP contribution in [0.15, 0.2) is 47.8 Å². The lowest BCUT2D eigenvalue weighted by atomic mass is 10.2. The van der Waals surface area contributed by atoms with Crippen LogP contribution in [0, 0.1) is 10.9 Å². The maximum absolute atomic E-state index is 5.56. The highest BCUT2D eigenvalue weighted by atomic mass is 32.1. The number of fused-ring (bicyclic) bond motifs is 1. The van der Waals surface area contributed by atoms with Crippen molar-refractivity contribution in [3.63, 3.8) is 0 Å². The van der Waals surface area contributed by atoms with Crippen LogP contribution in [0.5, 0.6) is 0 Å². The number of aryl methyl sites for hydroxylation is 1. The molecule has 4 aromatic rings. The highest BCUT2D eigenvalue weighted by Crippen LogP contribution is 2.40. The molecule has 0 aliphatic carbocycles. The van der Waals surface area contributed by atoms with Gasteiger partial charge in [-0.05, 0) is 48.8 Å². The van der Waals surface area contributed by atoms with Crippen molar-refractivity contribution in [3.8, 4) is 15.4 Å². The highest BCUT2D eigenvalue weighted by molar-refractivity contribution is 7.73. The zero-order valence-corrected chi connectivity index (χ0v) is 14.5. The van der Waals surface area contributed by atoms with E-state index in [9.17, 15) is 0 Å². The van der Waals surface area contributed by atoms with E-state index in [1.54, 1.807) is 22.7 Å². The Morgan fingerprint density at radius 2 is 1.81 bits per heavy atom. The quantitative estimate of drug-likeness (QED) is 0.374. The van der Waals surface area contributed by atoms with E-state index in [2.05, 4.69) is 59.3 Å². The zero-order chi connectivity index (χ0) is 14.4. The van der Waals surface area contributed by atoms with Crippen LogP contribution in [0.3, 0.4) is 0 Å². The summed E-state index contributed by atoms with van der Waals surface area (Å²) >= 11 is 10.8. The molecule has 0 N–H and O–H groups in total. The van der Waals surface area contributed by atoms with Gasteiger partial charge in [-0.3, -0.25) is 4.57 Å². The van der Waals surface area contributed by atoms with Gasteiger partial charge in [-0.15, -0.1) is 34.0 Å². The van der Waals surface area contributed by atoms with E-state index in [1.807, 2.05) is 11.3 Å². The van der Waals surface area contributed by atoms with Gasteiger partial charge in [-0.2, -0.15) is 0 Å². The van der Waals surface area contributed by atoms with Crippen molar-refractivity contribution in [3.05, 3.63) is 57.4 Å². The number of nitrogens with zero attached hydrogens (tertiary/aromatic N) is 1. The molecular weight excluding hydrogens is 334 g/mol. The fraction of sp³-hybridized carbons (Fsp3) is 0.0625. The lowest BCUT2D eigenvalue weighted by molar-refractivity contribution is 1.13. The van der Waals surface area contributed by atoms with Crippen molar-refractivity contribution in [1.82, 2.24) is 4.57 Å². The summed E-state index contributed by atoms with van der Waals surface area (Å²) < 4.78 is 4.38. The molecule has 0 radical (unpaired) electrons. The molecule has 0 fully saturated rings. The normalized spacial score (nSPS) is 11.3. The van der Waals surface area contributed by atoms with E-state index < -0.39 is 0 Å². The van der Waals surface area contributed by atoms with Crippen LogP contribution < -0.4 is 0 Å². The molecule has 1 nitrogen and oxygen atoms in total. The molecule has 3 heterocycles. The lowest BCUT2D eigenvalue weighted by Crippen LogP contribution is -1.91. The Morgan fingerprint density at radius 3 is 2.52 bits per heavy atom. The molecule has 0 unspecified atom stereocenters. The number of rotatable bonds is 2. The van der Waals surface area contributed by atoms with Crippen molar-refractivity contribution in [2.45, 2.75) is 6.92 Å². The monoisotopic (exact) mass is 345 g/mol. The van der Waals surface area contributed by atoms with Crippen LogP contribution in [-0.4, -0.2) is 4.57 Å². The first-order valence-electron chi connectivity index (χ1n) is 6.49. The summed E-state index contributed by atoms with van der Waals surface area (Å²) in [6.07, 6.45) is 0. The zero-order valence-electron chi connectivity index (χ0n) is 11.2. The Kier molecular flexibility index (Phi) is 3.30. The van der Waals surface area contributed by atoms with Gasteiger partial charge >= 0.3 is 0 Å². The van der Waals surface area contributed by atoms with E-state index in [4.69, 9.17) is 12.2 Å². The van der Waals surface area contributed by atoms with Crippen LogP contribution in [0.2, 0.25) is 0 Å². The summed E-state index contributed by atoms with van der Waals surface area (Å²) in [5.41, 5.74) is 2.42. The minimum absolute atomic E-state index is 0.915. The SMILES string of the molecule is Cc1ccc(-n2c(=S)sc3cc(-c4cccs4)sc32)cc1. The molecular formula is C16H11NS4. The van der Waals surface area contributed by atoms with Crippen LogP contribution in [0.4, 0.5) is 0 Å². The number of hydrogen-bond acceptors (Lipinski definition) is 4. The topological polar surface area (TPSA) is 4.93 Å². The predicted molar refractivity (Wildman–Crippen MR) is 97.9 cm³/mol. The van der Waals surface area contributed by atoms with E-state index in [0.717, 1.165) is 9.64 Å². The van der Waals surface area contributed by atoms with Gasteiger partial charge in [0.05, 0.1) is 4.70 Å². The molecule has 0 amide bonds. The van der Waals surface area contributed by atoms with Crippen LogP contribution >= 0.6 is 46.2 Å². The molecule has 0 saturated heterocycles. The summed E-state index contributed by atoms with van der Waals surface area (Å²) in [5, 5.41) is 2.12. The van der Waals surface area contributed by atoms with Crippen LogP contribution in [0.1, 0.15) is 5.56 Å². The van der Waals surface area contributed by atoms with Crippen molar-refractivity contribution < 1.29 is 0 Å². The Hall–Kier alpha value is -1.27. The van der Waals surface area contributed by atoms with Gasteiger partial charge in [0.15, 0.2) is 3.95 Å². The second-order valence-electron chi connectivity index (χ2n) is 4.80. The molecule has 1 aromatic carbocycles. The molecule has 0 spiro atoms. The number of aromatic nitrogens is 1. The minimum Gasteiger partial charge on any atom is -0.283 e. The number of thiophene rings is 2. The maximum Gasteiger partial charge on any atom is 0.167 e. The fourth-order valence-corrected chi connectivity index (χ4v) is 5.92. The van der Waals surface area contributed by atoms with Gasteiger partial charge in [0.2, 0.25) is 0 Å². The van der Waals surface area contributed by atoms with Gasteiger partial charge in [0, 0.05) is 15.4 Å². The summed E-state index contributed by atoms with van der Waals surface area (Å²) in [6.45, 7) is 2.10. The van der Waals surface area contributed by atoms with E-state index >= 15 is 0 Å². The van der Waals surface area contributed by atoms with Crippen LogP contribution in [-0.2, 0) is 0 Å². The summed E-state index contributed by atoms with van der Waals surface area (Å²) in [4.78, 5) is 3.89. The van der Waals surface area contributed by atoms with E-state index in [0.29, 0.717) is 0 Å². The third-order valence-electron chi connectivity index (χ3n) is 3.32. The molecule has 3 aromatic heterocycles. The molecule has 0 aliphatic rings. The minimum atomic E-state index is 0.915. The maximum atomic E-state index is 5.56. The van der Waals surface area contributed by atoms with Gasteiger partial charge in [-0.25, -0.2) is 0 Å². The van der Waals surface area contributed by atoms with E-state index in [1.165, 1.54) is 24.8 Å². The van der Waals surface area contributed by atoms with Gasteiger partial charge in [0.25, 0.3) is 0 Å². The van der Waals surface area contributed by atoms with Gasteiger partial charge in [-0.1, -0.05) is 23.8 Å². The van der Waals surface area contributed by atoms with Gasteiger partial charge in [0.1, 0.15) is 4.83 Å². The molecule has 0 aliphatic heterocycles. The molecule has 4 rings (SSSR count). The summed E-state index contributed by atoms with van der Waals surface area (Å²) in [5.74, 6) is 0. The second kappa shape index (κ2) is 5.18. The third kappa shape index (κ3) is 2.30. The van der Waals surface area contributed by atoms with Crippen LogP contribution in [0.25, 0.3) is 25.0 Å². The summed E-state index contributed by atoms with van der Waals surface area (Å²) in [6, 6.07) is 15.1. The number of hydrogen-bond donors (Lipinski definition) is 0. The number of thiazole rings is 1.